The summed E-state index contributed by atoms with van der Waals surface area (Å²) in [5, 5.41) is 20.7. The second-order valence-corrected chi connectivity index (χ2v) is 5.87. The normalized spacial score (nSPS) is 20.0. The predicted octanol–water partition coefficient (Wildman–Crippen LogP) is 3.47. The van der Waals surface area contributed by atoms with Crippen LogP contribution < -0.4 is 4.74 Å². The Hall–Kier alpha value is -0.770. The summed E-state index contributed by atoms with van der Waals surface area (Å²) in [4.78, 5) is 0. The number of aliphatic hydroxyl groups excluding tert-OH is 1. The zero-order chi connectivity index (χ0) is 13.9. The highest BCUT2D eigenvalue weighted by Crippen LogP contribution is 2.32. The Kier molecular flexibility index (Phi) is 4.71. The molecule has 0 aliphatic heterocycles. The molecule has 1 atom stereocenters. The van der Waals surface area contributed by atoms with Crippen molar-refractivity contribution >= 4 is 11.6 Å². The minimum Gasteiger partial charge on any atom is -0.490 e. The molecule has 0 aromatic heterocycles. The van der Waals surface area contributed by atoms with Crippen molar-refractivity contribution in [2.24, 2.45) is 0 Å². The Morgan fingerprint density at radius 1 is 1.32 bits per heavy atom. The summed E-state index contributed by atoms with van der Waals surface area (Å²) >= 11 is 5.92. The van der Waals surface area contributed by atoms with Crippen molar-refractivity contribution in [3.05, 3.63) is 28.8 Å². The summed E-state index contributed by atoms with van der Waals surface area (Å²) < 4.78 is 5.73. The number of halogens is 1. The molecule has 2 rings (SSSR count). The Morgan fingerprint density at radius 3 is 2.63 bits per heavy atom. The number of ether oxygens (including phenoxy) is 1. The van der Waals surface area contributed by atoms with E-state index in [1.807, 2.05) is 0 Å². The van der Waals surface area contributed by atoms with Crippen molar-refractivity contribution in [3.8, 4) is 5.75 Å². The summed E-state index contributed by atoms with van der Waals surface area (Å²) in [5.74, 6) is 0.596. The van der Waals surface area contributed by atoms with E-state index in [-0.39, 0.29) is 6.61 Å². The van der Waals surface area contributed by atoms with Gasteiger partial charge in [0.2, 0.25) is 0 Å². The summed E-state index contributed by atoms with van der Waals surface area (Å²) in [6.45, 7) is 1.95. The molecule has 0 bridgehead atoms. The van der Waals surface area contributed by atoms with Crippen LogP contribution in [0.1, 0.15) is 50.7 Å². The van der Waals surface area contributed by atoms with E-state index in [0.717, 1.165) is 25.7 Å². The predicted molar refractivity (Wildman–Crippen MR) is 75.6 cm³/mol. The first-order valence-corrected chi connectivity index (χ1v) is 7.21. The van der Waals surface area contributed by atoms with Gasteiger partial charge in [-0.05, 0) is 38.0 Å². The van der Waals surface area contributed by atoms with Gasteiger partial charge in [0.1, 0.15) is 12.4 Å². The number of aliphatic hydroxyl groups is 2. The molecule has 4 heteroatoms. The Balaban J connectivity index is 2.06. The fourth-order valence-corrected chi connectivity index (χ4v) is 2.72. The SMILES string of the molecule is C[C@H](O)c1cc(Cl)ccc1OCC1(O)CCCCC1. The maximum atomic E-state index is 10.4. The van der Waals surface area contributed by atoms with Gasteiger partial charge >= 0.3 is 0 Å². The molecule has 1 aromatic carbocycles. The molecule has 19 heavy (non-hydrogen) atoms. The van der Waals surface area contributed by atoms with Gasteiger partial charge in [-0.2, -0.15) is 0 Å². The van der Waals surface area contributed by atoms with E-state index in [2.05, 4.69) is 0 Å². The lowest BCUT2D eigenvalue weighted by Gasteiger charge is -2.32. The van der Waals surface area contributed by atoms with Crippen molar-refractivity contribution < 1.29 is 14.9 Å². The average molecular weight is 285 g/mol. The first-order valence-electron chi connectivity index (χ1n) is 6.83. The van der Waals surface area contributed by atoms with Gasteiger partial charge in [0.05, 0.1) is 11.7 Å². The van der Waals surface area contributed by atoms with Crippen molar-refractivity contribution in [1.82, 2.24) is 0 Å². The molecule has 1 saturated carbocycles. The van der Waals surface area contributed by atoms with E-state index >= 15 is 0 Å². The molecule has 1 aliphatic rings. The molecule has 0 saturated heterocycles. The topological polar surface area (TPSA) is 49.7 Å². The third-order valence-electron chi connectivity index (χ3n) is 3.70. The third-order valence-corrected chi connectivity index (χ3v) is 3.94. The molecule has 2 N–H and O–H groups in total. The van der Waals surface area contributed by atoms with E-state index in [4.69, 9.17) is 16.3 Å². The molecule has 1 aliphatic carbocycles. The van der Waals surface area contributed by atoms with Crippen molar-refractivity contribution in [2.45, 2.75) is 50.7 Å². The first kappa shape index (κ1) is 14.6. The minimum atomic E-state index is -0.728. The van der Waals surface area contributed by atoms with Crippen LogP contribution in [-0.4, -0.2) is 22.4 Å². The lowest BCUT2D eigenvalue weighted by atomic mass is 9.85. The number of benzene rings is 1. The van der Waals surface area contributed by atoms with Crippen molar-refractivity contribution in [1.29, 1.82) is 0 Å². The maximum Gasteiger partial charge on any atom is 0.125 e. The van der Waals surface area contributed by atoms with Crippen LogP contribution in [0.4, 0.5) is 0 Å². The maximum absolute atomic E-state index is 10.4. The fourth-order valence-electron chi connectivity index (χ4n) is 2.54. The smallest absolute Gasteiger partial charge is 0.125 e. The van der Waals surface area contributed by atoms with Gasteiger partial charge in [-0.3, -0.25) is 0 Å². The second-order valence-electron chi connectivity index (χ2n) is 5.43. The number of rotatable bonds is 4. The largest absolute Gasteiger partial charge is 0.490 e. The Labute approximate surface area is 119 Å². The summed E-state index contributed by atoms with van der Waals surface area (Å²) in [5.41, 5.74) is -0.0691. The molecular weight excluding hydrogens is 264 g/mol. The van der Waals surface area contributed by atoms with Gasteiger partial charge in [0, 0.05) is 10.6 Å². The van der Waals surface area contributed by atoms with Crippen molar-refractivity contribution in [3.63, 3.8) is 0 Å². The van der Waals surface area contributed by atoms with E-state index in [1.165, 1.54) is 6.42 Å². The zero-order valence-corrected chi connectivity index (χ0v) is 12.0. The van der Waals surface area contributed by atoms with Crippen LogP contribution >= 0.6 is 11.6 Å². The molecule has 1 aromatic rings. The van der Waals surface area contributed by atoms with Crippen molar-refractivity contribution in [2.75, 3.05) is 6.61 Å². The number of hydrogen-bond donors (Lipinski definition) is 2. The molecule has 0 spiro atoms. The molecule has 106 valence electrons. The molecule has 0 amide bonds. The second kappa shape index (κ2) is 6.12. The quantitative estimate of drug-likeness (QED) is 0.890. The monoisotopic (exact) mass is 284 g/mol. The van der Waals surface area contributed by atoms with Gasteiger partial charge in [0.15, 0.2) is 0 Å². The Bertz CT molecular complexity index is 425. The highest BCUT2D eigenvalue weighted by Gasteiger charge is 2.30. The van der Waals surface area contributed by atoms with Crippen LogP contribution in [0.25, 0.3) is 0 Å². The summed E-state index contributed by atoms with van der Waals surface area (Å²) in [7, 11) is 0. The molecule has 0 heterocycles. The zero-order valence-electron chi connectivity index (χ0n) is 11.2. The van der Waals surface area contributed by atoms with Crippen LogP contribution in [-0.2, 0) is 0 Å². The highest BCUT2D eigenvalue weighted by molar-refractivity contribution is 6.30. The summed E-state index contributed by atoms with van der Waals surface area (Å²) in [6, 6.07) is 5.18. The minimum absolute atomic E-state index is 0.272. The highest BCUT2D eigenvalue weighted by atomic mass is 35.5. The average Bonchev–Trinajstić information content (AvgIpc) is 2.38. The molecule has 3 nitrogen and oxygen atoms in total. The lowest BCUT2D eigenvalue weighted by Crippen LogP contribution is -2.38. The molecular formula is C15H21ClO3. The van der Waals surface area contributed by atoms with Gasteiger partial charge in [-0.1, -0.05) is 30.9 Å². The third kappa shape index (κ3) is 3.85. The van der Waals surface area contributed by atoms with Gasteiger partial charge in [0.25, 0.3) is 0 Å². The van der Waals surface area contributed by atoms with E-state index in [1.54, 1.807) is 25.1 Å². The van der Waals surface area contributed by atoms with Crippen LogP contribution in [0.5, 0.6) is 5.75 Å². The van der Waals surface area contributed by atoms with Gasteiger partial charge < -0.3 is 14.9 Å². The fraction of sp³-hybridized carbons (Fsp3) is 0.600. The van der Waals surface area contributed by atoms with Crippen LogP contribution in [0.3, 0.4) is 0 Å². The van der Waals surface area contributed by atoms with Crippen LogP contribution in [0, 0.1) is 0 Å². The summed E-state index contributed by atoms with van der Waals surface area (Å²) in [6.07, 6.45) is 4.19. The van der Waals surface area contributed by atoms with E-state index in [9.17, 15) is 10.2 Å². The lowest BCUT2D eigenvalue weighted by molar-refractivity contribution is -0.0345. The number of hydrogen-bond acceptors (Lipinski definition) is 3. The van der Waals surface area contributed by atoms with E-state index in [0.29, 0.717) is 16.3 Å². The van der Waals surface area contributed by atoms with Crippen LogP contribution in [0.2, 0.25) is 5.02 Å². The molecule has 0 unspecified atom stereocenters. The standard InChI is InChI=1S/C15H21ClO3/c1-11(17)13-9-12(16)5-6-14(13)19-10-15(18)7-3-2-4-8-15/h5-6,9,11,17-18H,2-4,7-8,10H2,1H3/t11-/m0/s1. The molecule has 1 fully saturated rings. The molecule has 0 radical (unpaired) electrons. The van der Waals surface area contributed by atoms with E-state index < -0.39 is 11.7 Å². The Morgan fingerprint density at radius 2 is 2.00 bits per heavy atom. The van der Waals surface area contributed by atoms with Gasteiger partial charge in [-0.25, -0.2) is 0 Å². The van der Waals surface area contributed by atoms with Crippen LogP contribution in [0.15, 0.2) is 18.2 Å². The van der Waals surface area contributed by atoms with Gasteiger partial charge in [-0.15, -0.1) is 0 Å². The first-order chi connectivity index (χ1) is 9.00.